The Kier molecular flexibility index (Phi) is 4.16. The Hall–Kier alpha value is -0.970. The Labute approximate surface area is 150 Å². The summed E-state index contributed by atoms with van der Waals surface area (Å²) in [5.74, 6) is 1.52. The maximum Gasteiger partial charge on any atom is 0.141 e. The van der Waals surface area contributed by atoms with E-state index in [-0.39, 0.29) is 6.10 Å². The van der Waals surface area contributed by atoms with Gasteiger partial charge in [0.1, 0.15) is 11.9 Å². The minimum atomic E-state index is 0.109. The molecule has 1 unspecified atom stereocenters. The number of piperidine rings is 1. The third-order valence-electron chi connectivity index (χ3n) is 5.05. The van der Waals surface area contributed by atoms with Gasteiger partial charge in [-0.15, -0.1) is 0 Å². The number of hydrogen-bond acceptors (Lipinski definition) is 2. The summed E-state index contributed by atoms with van der Waals surface area (Å²) >= 11 is 9.87. The van der Waals surface area contributed by atoms with Crippen molar-refractivity contribution in [2.24, 2.45) is 5.92 Å². The molecule has 0 aliphatic carbocycles. The molecule has 4 rings (SSSR count). The van der Waals surface area contributed by atoms with Gasteiger partial charge in [0.15, 0.2) is 0 Å². The summed E-state index contributed by atoms with van der Waals surface area (Å²) in [5.41, 5.74) is 2.41. The van der Waals surface area contributed by atoms with Crippen molar-refractivity contribution >= 4 is 27.5 Å². The van der Waals surface area contributed by atoms with E-state index < -0.39 is 0 Å². The topological polar surface area (TPSA) is 17.4 Å². The molecule has 0 radical (unpaired) electrons. The number of hydrogen-bond donors (Lipinski definition) is 0. The van der Waals surface area contributed by atoms with Crippen LogP contribution in [0.2, 0.25) is 5.02 Å². The van der Waals surface area contributed by atoms with Crippen molar-refractivity contribution in [3.05, 3.63) is 51.2 Å². The lowest BCUT2D eigenvalue weighted by atomic mass is 9.89. The SMILES string of the molecule is CN1CCC(C2Oc3ccc(Cl)cc3Cn3c(Br)ccc32)CC1. The van der Waals surface area contributed by atoms with Crippen LogP contribution in [0.5, 0.6) is 5.75 Å². The normalized spacial score (nSPS) is 22.1. The highest BCUT2D eigenvalue weighted by Crippen LogP contribution is 2.40. The summed E-state index contributed by atoms with van der Waals surface area (Å²) in [6, 6.07) is 10.3. The zero-order valence-corrected chi connectivity index (χ0v) is 15.5. The molecule has 0 spiro atoms. The predicted octanol–water partition coefficient (Wildman–Crippen LogP) is 4.73. The highest BCUT2D eigenvalue weighted by molar-refractivity contribution is 9.10. The van der Waals surface area contributed by atoms with E-state index in [1.807, 2.05) is 18.2 Å². The van der Waals surface area contributed by atoms with Gasteiger partial charge in [-0.2, -0.15) is 0 Å². The first kappa shape index (κ1) is 15.6. The molecule has 1 fully saturated rings. The van der Waals surface area contributed by atoms with Crippen LogP contribution in [0.25, 0.3) is 0 Å². The van der Waals surface area contributed by atoms with E-state index in [0.717, 1.165) is 40.6 Å². The van der Waals surface area contributed by atoms with Crippen LogP contribution in [0.4, 0.5) is 0 Å². The number of likely N-dealkylation sites (tertiary alicyclic amines) is 1. The monoisotopic (exact) mass is 394 g/mol. The van der Waals surface area contributed by atoms with Gasteiger partial charge in [-0.1, -0.05) is 11.6 Å². The van der Waals surface area contributed by atoms with Gasteiger partial charge in [0.25, 0.3) is 0 Å². The highest BCUT2D eigenvalue weighted by Gasteiger charge is 2.33. The molecule has 0 N–H and O–H groups in total. The standard InChI is InChI=1S/C18H20BrClN2O/c1-21-8-6-12(7-9-21)18-15-3-5-17(19)22(15)11-13-10-14(20)2-4-16(13)23-18/h2-5,10,12,18H,6-9,11H2,1H3. The van der Waals surface area contributed by atoms with Gasteiger partial charge >= 0.3 is 0 Å². The zero-order chi connectivity index (χ0) is 16.0. The van der Waals surface area contributed by atoms with Gasteiger partial charge in [0.05, 0.1) is 16.8 Å². The molecule has 1 atom stereocenters. The van der Waals surface area contributed by atoms with Crippen molar-refractivity contribution < 1.29 is 4.74 Å². The summed E-state index contributed by atoms with van der Waals surface area (Å²) in [6.07, 6.45) is 2.46. The lowest BCUT2D eigenvalue weighted by Gasteiger charge is -2.34. The third-order valence-corrected chi connectivity index (χ3v) is 5.98. The van der Waals surface area contributed by atoms with Gasteiger partial charge < -0.3 is 14.2 Å². The van der Waals surface area contributed by atoms with Crippen LogP contribution in [0.3, 0.4) is 0 Å². The molecule has 0 saturated carbocycles. The number of nitrogens with zero attached hydrogens (tertiary/aromatic N) is 2. The Bertz CT molecular complexity index is 722. The lowest BCUT2D eigenvalue weighted by Crippen LogP contribution is -2.34. The summed E-state index contributed by atoms with van der Waals surface area (Å²) in [4.78, 5) is 2.40. The average Bonchev–Trinajstić information content (AvgIpc) is 2.80. The van der Waals surface area contributed by atoms with E-state index in [2.05, 4.69) is 44.6 Å². The lowest BCUT2D eigenvalue weighted by molar-refractivity contribution is 0.0822. The largest absolute Gasteiger partial charge is 0.484 e. The van der Waals surface area contributed by atoms with Crippen LogP contribution < -0.4 is 4.74 Å². The Morgan fingerprint density at radius 2 is 1.96 bits per heavy atom. The maximum absolute atomic E-state index is 6.51. The second-order valence-corrected chi connectivity index (χ2v) is 7.85. The van der Waals surface area contributed by atoms with Crippen LogP contribution in [-0.2, 0) is 6.54 Å². The number of aromatic nitrogens is 1. The second-order valence-electron chi connectivity index (χ2n) is 6.60. The van der Waals surface area contributed by atoms with Crippen molar-refractivity contribution in [2.75, 3.05) is 20.1 Å². The first-order valence-corrected chi connectivity index (χ1v) is 9.27. The van der Waals surface area contributed by atoms with Gasteiger partial charge in [-0.25, -0.2) is 0 Å². The first-order valence-electron chi connectivity index (χ1n) is 8.10. The second kappa shape index (κ2) is 6.15. The Morgan fingerprint density at radius 3 is 2.74 bits per heavy atom. The van der Waals surface area contributed by atoms with Gasteiger partial charge in [-0.3, -0.25) is 0 Å². The summed E-state index contributed by atoms with van der Waals surface area (Å²) in [5, 5.41) is 0.759. The molecule has 3 heterocycles. The van der Waals surface area contributed by atoms with Crippen molar-refractivity contribution in [1.82, 2.24) is 9.47 Å². The Morgan fingerprint density at radius 1 is 1.17 bits per heavy atom. The molecular formula is C18H20BrClN2O. The molecule has 5 heteroatoms. The van der Waals surface area contributed by atoms with Crippen molar-refractivity contribution in [3.63, 3.8) is 0 Å². The fourth-order valence-corrected chi connectivity index (χ4v) is 4.35. The molecule has 2 aliphatic heterocycles. The molecule has 1 saturated heterocycles. The minimum Gasteiger partial charge on any atom is -0.484 e. The number of benzene rings is 1. The van der Waals surface area contributed by atoms with Crippen molar-refractivity contribution in [1.29, 1.82) is 0 Å². The summed E-state index contributed by atoms with van der Waals surface area (Å²) in [7, 11) is 2.20. The molecule has 2 aromatic rings. The van der Waals surface area contributed by atoms with Gasteiger partial charge in [-0.05, 0) is 79.2 Å². The van der Waals surface area contributed by atoms with E-state index in [1.165, 1.54) is 18.5 Å². The fraction of sp³-hybridized carbons (Fsp3) is 0.444. The van der Waals surface area contributed by atoms with E-state index in [9.17, 15) is 0 Å². The van der Waals surface area contributed by atoms with Gasteiger partial charge in [0.2, 0.25) is 0 Å². The number of halogens is 2. The highest BCUT2D eigenvalue weighted by atomic mass is 79.9. The summed E-state index contributed by atoms with van der Waals surface area (Å²) < 4.78 is 9.92. The third kappa shape index (κ3) is 2.92. The molecule has 3 nitrogen and oxygen atoms in total. The Balaban J connectivity index is 1.75. The van der Waals surface area contributed by atoms with Gasteiger partial charge in [0, 0.05) is 16.5 Å². The van der Waals surface area contributed by atoms with Crippen LogP contribution in [0, 0.1) is 5.92 Å². The average molecular weight is 396 g/mol. The number of fused-ring (bicyclic) bond motifs is 2. The molecule has 0 bridgehead atoms. The molecule has 122 valence electrons. The molecule has 23 heavy (non-hydrogen) atoms. The number of rotatable bonds is 1. The molecule has 2 aliphatic rings. The van der Waals surface area contributed by atoms with Crippen LogP contribution in [-0.4, -0.2) is 29.6 Å². The van der Waals surface area contributed by atoms with Crippen LogP contribution in [0.1, 0.15) is 30.2 Å². The smallest absolute Gasteiger partial charge is 0.141 e. The van der Waals surface area contributed by atoms with Crippen LogP contribution in [0.15, 0.2) is 34.9 Å². The summed E-state index contributed by atoms with van der Waals surface area (Å²) in [6.45, 7) is 3.07. The quantitative estimate of drug-likeness (QED) is 0.694. The van der Waals surface area contributed by atoms with E-state index in [1.54, 1.807) is 0 Å². The van der Waals surface area contributed by atoms with Crippen molar-refractivity contribution in [2.45, 2.75) is 25.5 Å². The van der Waals surface area contributed by atoms with E-state index in [0.29, 0.717) is 5.92 Å². The predicted molar refractivity (Wildman–Crippen MR) is 96.3 cm³/mol. The molecule has 0 amide bonds. The first-order chi connectivity index (χ1) is 11.1. The van der Waals surface area contributed by atoms with E-state index >= 15 is 0 Å². The van der Waals surface area contributed by atoms with Crippen LogP contribution >= 0.6 is 27.5 Å². The maximum atomic E-state index is 6.51. The minimum absolute atomic E-state index is 0.109. The zero-order valence-electron chi connectivity index (χ0n) is 13.1. The molecule has 1 aromatic heterocycles. The number of ether oxygens (including phenoxy) is 1. The fourth-order valence-electron chi connectivity index (χ4n) is 3.70. The molecular weight excluding hydrogens is 376 g/mol. The molecule has 1 aromatic carbocycles. The van der Waals surface area contributed by atoms with E-state index in [4.69, 9.17) is 16.3 Å². The van der Waals surface area contributed by atoms with Crippen molar-refractivity contribution in [3.8, 4) is 5.75 Å².